The molecule has 4 rings (SSSR count). The summed E-state index contributed by atoms with van der Waals surface area (Å²) in [6.07, 6.45) is 3.54. The second-order valence-corrected chi connectivity index (χ2v) is 7.90. The number of phenols is 2. The summed E-state index contributed by atoms with van der Waals surface area (Å²) in [5.41, 5.74) is 4.00. The van der Waals surface area contributed by atoms with E-state index < -0.39 is 0 Å². The van der Waals surface area contributed by atoms with Crippen molar-refractivity contribution in [1.29, 1.82) is 0 Å². The van der Waals surface area contributed by atoms with Gasteiger partial charge in [-0.2, -0.15) is 0 Å². The Morgan fingerprint density at radius 2 is 1.45 bits per heavy atom. The lowest BCUT2D eigenvalue weighted by Gasteiger charge is -2.17. The maximum atomic E-state index is 12.1. The Morgan fingerprint density at radius 3 is 2.10 bits per heavy atom. The molecule has 0 fully saturated rings. The highest BCUT2D eigenvalue weighted by Gasteiger charge is 2.11. The summed E-state index contributed by atoms with van der Waals surface area (Å²) in [5, 5.41) is 20.7. The van der Waals surface area contributed by atoms with E-state index in [0.717, 1.165) is 37.1 Å². The highest BCUT2D eigenvalue weighted by Crippen LogP contribution is 2.32. The predicted octanol–water partition coefficient (Wildman–Crippen LogP) is 4.32. The number of nitrogens with zero attached hydrogens (tertiary/aromatic N) is 1. The molecule has 0 amide bonds. The summed E-state index contributed by atoms with van der Waals surface area (Å²) in [6, 6.07) is 20.6. The number of aromatic amines is 1. The van der Waals surface area contributed by atoms with Gasteiger partial charge in [0, 0.05) is 30.2 Å². The van der Waals surface area contributed by atoms with Crippen molar-refractivity contribution in [2.24, 2.45) is 0 Å². The van der Waals surface area contributed by atoms with Gasteiger partial charge in [0.15, 0.2) is 0 Å². The molecule has 1 heterocycles. The Morgan fingerprint density at radius 1 is 0.839 bits per heavy atom. The lowest BCUT2D eigenvalue weighted by Crippen LogP contribution is -2.23. The third-order valence-electron chi connectivity index (χ3n) is 5.67. The van der Waals surface area contributed by atoms with Crippen LogP contribution in [-0.4, -0.2) is 40.2 Å². The van der Waals surface area contributed by atoms with Crippen molar-refractivity contribution in [3.63, 3.8) is 0 Å². The number of rotatable bonds is 7. The number of hydrogen-bond donors (Lipinski definition) is 3. The van der Waals surface area contributed by atoms with Gasteiger partial charge in [0.05, 0.1) is 5.39 Å². The quantitative estimate of drug-likeness (QED) is 0.421. The molecule has 0 aliphatic rings. The monoisotopic (exact) mass is 414 g/mol. The average molecular weight is 415 g/mol. The number of benzene rings is 3. The van der Waals surface area contributed by atoms with Gasteiger partial charge in [-0.1, -0.05) is 42.5 Å². The van der Waals surface area contributed by atoms with E-state index in [9.17, 15) is 15.0 Å². The van der Waals surface area contributed by atoms with Gasteiger partial charge in [0.25, 0.3) is 5.56 Å². The maximum absolute atomic E-state index is 12.1. The lowest BCUT2D eigenvalue weighted by molar-refractivity contribution is 0.343. The SMILES string of the molecule is CN(CCc1ccc(O)cc1)CCc1ccc(-c2c[nH]c(=O)c3cccc(O)c23)cc1. The minimum atomic E-state index is -0.207. The fourth-order valence-electron chi connectivity index (χ4n) is 3.79. The molecule has 0 saturated heterocycles. The molecule has 0 spiro atoms. The fraction of sp³-hybridized carbons (Fsp3) is 0.192. The lowest BCUT2D eigenvalue weighted by atomic mass is 9.98. The summed E-state index contributed by atoms with van der Waals surface area (Å²) in [4.78, 5) is 17.2. The topological polar surface area (TPSA) is 76.6 Å². The van der Waals surface area contributed by atoms with E-state index in [1.54, 1.807) is 36.5 Å². The molecule has 1 aromatic heterocycles. The van der Waals surface area contributed by atoms with Crippen LogP contribution < -0.4 is 5.56 Å². The zero-order valence-electron chi connectivity index (χ0n) is 17.5. The summed E-state index contributed by atoms with van der Waals surface area (Å²) in [7, 11) is 2.12. The number of likely N-dealkylation sites (N-methyl/N-ethyl adjacent to an activating group) is 1. The third-order valence-corrected chi connectivity index (χ3v) is 5.67. The fourth-order valence-corrected chi connectivity index (χ4v) is 3.79. The van der Waals surface area contributed by atoms with E-state index >= 15 is 0 Å². The van der Waals surface area contributed by atoms with Crippen LogP contribution in [0.4, 0.5) is 0 Å². The van der Waals surface area contributed by atoms with Crippen LogP contribution in [0, 0.1) is 0 Å². The molecular weight excluding hydrogens is 388 g/mol. The first-order valence-corrected chi connectivity index (χ1v) is 10.4. The molecule has 0 radical (unpaired) electrons. The molecule has 4 aromatic rings. The number of H-pyrrole nitrogens is 1. The van der Waals surface area contributed by atoms with Gasteiger partial charge < -0.3 is 20.1 Å². The Kier molecular flexibility index (Phi) is 6.05. The molecule has 0 atom stereocenters. The van der Waals surface area contributed by atoms with Gasteiger partial charge in [0.2, 0.25) is 0 Å². The van der Waals surface area contributed by atoms with Crippen molar-refractivity contribution in [3.8, 4) is 22.6 Å². The van der Waals surface area contributed by atoms with Crippen LogP contribution in [0.2, 0.25) is 0 Å². The van der Waals surface area contributed by atoms with Gasteiger partial charge in [-0.05, 0) is 60.8 Å². The zero-order valence-corrected chi connectivity index (χ0v) is 17.5. The van der Waals surface area contributed by atoms with Crippen molar-refractivity contribution >= 4 is 10.8 Å². The minimum Gasteiger partial charge on any atom is -0.508 e. The number of phenolic OH excluding ortho intramolecular Hbond substituents is 2. The molecular formula is C26H26N2O3. The second-order valence-electron chi connectivity index (χ2n) is 7.90. The maximum Gasteiger partial charge on any atom is 0.255 e. The van der Waals surface area contributed by atoms with Crippen LogP contribution in [-0.2, 0) is 12.8 Å². The molecule has 3 N–H and O–H groups in total. The van der Waals surface area contributed by atoms with Crippen molar-refractivity contribution < 1.29 is 10.2 Å². The van der Waals surface area contributed by atoms with E-state index in [4.69, 9.17) is 0 Å². The minimum absolute atomic E-state index is 0.109. The van der Waals surface area contributed by atoms with Gasteiger partial charge >= 0.3 is 0 Å². The number of hydrogen-bond acceptors (Lipinski definition) is 4. The van der Waals surface area contributed by atoms with Crippen LogP contribution >= 0.6 is 0 Å². The molecule has 3 aromatic carbocycles. The van der Waals surface area contributed by atoms with E-state index in [0.29, 0.717) is 16.5 Å². The van der Waals surface area contributed by atoms with Crippen LogP contribution in [0.3, 0.4) is 0 Å². The largest absolute Gasteiger partial charge is 0.508 e. The van der Waals surface area contributed by atoms with Crippen molar-refractivity contribution in [2.75, 3.05) is 20.1 Å². The number of fused-ring (bicyclic) bond motifs is 1. The van der Waals surface area contributed by atoms with E-state index in [1.165, 1.54) is 11.1 Å². The highest BCUT2D eigenvalue weighted by atomic mass is 16.3. The number of aromatic hydroxyl groups is 2. The van der Waals surface area contributed by atoms with Crippen molar-refractivity contribution in [2.45, 2.75) is 12.8 Å². The zero-order chi connectivity index (χ0) is 21.8. The van der Waals surface area contributed by atoms with E-state index in [1.807, 2.05) is 24.3 Å². The van der Waals surface area contributed by atoms with E-state index in [2.05, 4.69) is 29.1 Å². The summed E-state index contributed by atoms with van der Waals surface area (Å²) >= 11 is 0. The Balaban J connectivity index is 1.41. The number of pyridine rings is 1. The van der Waals surface area contributed by atoms with Crippen LogP contribution in [0.5, 0.6) is 11.5 Å². The molecule has 0 saturated carbocycles. The van der Waals surface area contributed by atoms with Gasteiger partial charge in [-0.3, -0.25) is 4.79 Å². The molecule has 5 heteroatoms. The van der Waals surface area contributed by atoms with Crippen molar-refractivity contribution in [1.82, 2.24) is 9.88 Å². The summed E-state index contributed by atoms with van der Waals surface area (Å²) in [6.45, 7) is 1.89. The molecule has 0 aliphatic carbocycles. The molecule has 5 nitrogen and oxygen atoms in total. The Hall–Kier alpha value is -3.57. The number of aromatic nitrogens is 1. The predicted molar refractivity (Wildman–Crippen MR) is 125 cm³/mol. The van der Waals surface area contributed by atoms with Crippen LogP contribution in [0.25, 0.3) is 21.9 Å². The Labute approximate surface area is 181 Å². The third kappa shape index (κ3) is 4.78. The van der Waals surface area contributed by atoms with Crippen molar-refractivity contribution in [3.05, 3.63) is 94.4 Å². The summed E-state index contributed by atoms with van der Waals surface area (Å²) in [5.74, 6) is 0.406. The van der Waals surface area contributed by atoms with Gasteiger partial charge in [-0.15, -0.1) is 0 Å². The molecule has 0 bridgehead atoms. The van der Waals surface area contributed by atoms with Crippen LogP contribution in [0.15, 0.2) is 77.7 Å². The standard InChI is InChI=1S/C26H26N2O3/c1-28(16-14-19-7-11-21(29)12-8-19)15-13-18-5-9-20(10-6-18)23-17-27-26(31)22-3-2-4-24(30)25(22)23/h2-12,17,29-30H,13-16H2,1H3,(H,27,31). The first-order chi connectivity index (χ1) is 15.0. The highest BCUT2D eigenvalue weighted by molar-refractivity contribution is 5.99. The molecule has 0 unspecified atom stereocenters. The second kappa shape index (κ2) is 9.06. The molecule has 0 aliphatic heterocycles. The van der Waals surface area contributed by atoms with Gasteiger partial charge in [-0.25, -0.2) is 0 Å². The van der Waals surface area contributed by atoms with E-state index in [-0.39, 0.29) is 11.3 Å². The Bertz CT molecular complexity index is 1230. The smallest absolute Gasteiger partial charge is 0.255 e. The number of nitrogens with one attached hydrogen (secondary N) is 1. The van der Waals surface area contributed by atoms with Crippen LogP contribution in [0.1, 0.15) is 11.1 Å². The normalized spacial score (nSPS) is 11.3. The average Bonchev–Trinajstić information content (AvgIpc) is 2.78. The molecule has 158 valence electrons. The summed E-state index contributed by atoms with van der Waals surface area (Å²) < 4.78 is 0. The first-order valence-electron chi connectivity index (χ1n) is 10.4. The molecule has 31 heavy (non-hydrogen) atoms. The first kappa shape index (κ1) is 20.7. The van der Waals surface area contributed by atoms with Gasteiger partial charge in [0.1, 0.15) is 11.5 Å².